The van der Waals surface area contributed by atoms with E-state index in [4.69, 9.17) is 24.7 Å². The molecule has 3 aliphatic rings. The van der Waals surface area contributed by atoms with Gasteiger partial charge < -0.3 is 24.7 Å². The van der Waals surface area contributed by atoms with Crippen molar-refractivity contribution < 1.29 is 18.9 Å². The minimum absolute atomic E-state index is 0.0754. The molecular formula is C20H22N4O4. The van der Waals surface area contributed by atoms with E-state index in [1.165, 1.54) is 0 Å². The normalized spacial score (nSPS) is 30.9. The van der Waals surface area contributed by atoms with Crippen LogP contribution in [-0.4, -0.2) is 31.8 Å². The molecule has 8 heteroatoms. The number of hydrogen-bond acceptors (Lipinski definition) is 8. The van der Waals surface area contributed by atoms with Crippen LogP contribution in [0.15, 0.2) is 23.2 Å². The van der Waals surface area contributed by atoms with Gasteiger partial charge in [0.2, 0.25) is 6.79 Å². The van der Waals surface area contributed by atoms with Gasteiger partial charge in [-0.05, 0) is 30.5 Å². The smallest absolute Gasteiger partial charge is 0.293 e. The fourth-order valence-electron chi connectivity index (χ4n) is 4.43. The highest BCUT2D eigenvalue weighted by atomic mass is 16.7. The van der Waals surface area contributed by atoms with Gasteiger partial charge in [0.25, 0.3) is 5.91 Å². The number of benzene rings is 1. The molecule has 146 valence electrons. The van der Waals surface area contributed by atoms with E-state index in [0.717, 1.165) is 5.56 Å². The molecule has 1 saturated carbocycles. The lowest BCUT2D eigenvalue weighted by atomic mass is 9.93. The molecule has 0 spiro atoms. The van der Waals surface area contributed by atoms with Gasteiger partial charge >= 0.3 is 0 Å². The fourth-order valence-corrected chi connectivity index (χ4v) is 4.43. The zero-order chi connectivity index (χ0) is 20.0. The van der Waals surface area contributed by atoms with Crippen molar-refractivity contribution in [2.75, 3.05) is 20.0 Å². The van der Waals surface area contributed by atoms with Crippen LogP contribution >= 0.6 is 0 Å². The summed E-state index contributed by atoms with van der Waals surface area (Å²) in [5.74, 6) is -0.867. The summed E-state index contributed by atoms with van der Waals surface area (Å²) in [6.07, 6.45) is 1.42. The Morgan fingerprint density at radius 1 is 1.14 bits per heavy atom. The molecule has 0 bridgehead atoms. The molecule has 8 nitrogen and oxygen atoms in total. The van der Waals surface area contributed by atoms with Gasteiger partial charge in [-0.1, -0.05) is 19.9 Å². The lowest BCUT2D eigenvalue weighted by Gasteiger charge is -2.32. The second-order valence-electron chi connectivity index (χ2n) is 7.16. The number of nitrogens with two attached hydrogens (primary N) is 1. The number of nitrogens with zero attached hydrogens (tertiary/aromatic N) is 3. The maximum atomic E-state index is 10.3. The highest BCUT2D eigenvalue weighted by molar-refractivity contribution is 6.00. The van der Waals surface area contributed by atoms with E-state index in [-0.39, 0.29) is 12.6 Å². The van der Waals surface area contributed by atoms with E-state index < -0.39 is 22.7 Å². The Balaban J connectivity index is 1.84. The first kappa shape index (κ1) is 18.5. The Hall–Kier alpha value is -2.81. The van der Waals surface area contributed by atoms with Crippen molar-refractivity contribution in [1.29, 1.82) is 10.5 Å². The number of ether oxygens (including phenoxy) is 4. The maximum absolute atomic E-state index is 10.3. The number of rotatable bonds is 7. The van der Waals surface area contributed by atoms with E-state index in [1.54, 1.807) is 12.1 Å². The van der Waals surface area contributed by atoms with Crippen molar-refractivity contribution >= 4 is 5.84 Å². The summed E-state index contributed by atoms with van der Waals surface area (Å²) in [7, 11) is 0. The van der Waals surface area contributed by atoms with Crippen LogP contribution in [0.3, 0.4) is 0 Å². The van der Waals surface area contributed by atoms with E-state index in [2.05, 4.69) is 17.1 Å². The summed E-state index contributed by atoms with van der Waals surface area (Å²) in [6.45, 7) is 4.71. The van der Waals surface area contributed by atoms with Crippen molar-refractivity contribution in [2.45, 2.75) is 38.5 Å². The molecule has 2 N–H and O–H groups in total. The molecule has 4 rings (SSSR count). The quantitative estimate of drug-likeness (QED) is 0.718. The number of hydrogen-bond donors (Lipinski definition) is 1. The first-order valence-electron chi connectivity index (χ1n) is 9.42. The van der Waals surface area contributed by atoms with E-state index in [1.807, 2.05) is 19.9 Å². The first-order valence-corrected chi connectivity index (χ1v) is 9.42. The lowest BCUT2D eigenvalue weighted by Crippen LogP contribution is -2.44. The number of amidine groups is 1. The number of fused-ring (bicyclic) bond motifs is 2. The molecule has 0 saturated heterocycles. The van der Waals surface area contributed by atoms with Crippen LogP contribution in [0.5, 0.6) is 11.5 Å². The Morgan fingerprint density at radius 3 is 2.43 bits per heavy atom. The average Bonchev–Trinajstić information content (AvgIpc) is 2.97. The molecule has 2 aliphatic heterocycles. The Kier molecular flexibility index (Phi) is 4.22. The van der Waals surface area contributed by atoms with Gasteiger partial charge in [-0.15, -0.1) is 0 Å². The first-order chi connectivity index (χ1) is 13.6. The van der Waals surface area contributed by atoms with Crippen molar-refractivity contribution in [1.82, 2.24) is 0 Å². The summed E-state index contributed by atoms with van der Waals surface area (Å²) in [5, 5.41) is 20.4. The van der Waals surface area contributed by atoms with E-state index >= 15 is 0 Å². The molecule has 1 aromatic carbocycles. The summed E-state index contributed by atoms with van der Waals surface area (Å²) < 4.78 is 22.9. The van der Waals surface area contributed by atoms with Gasteiger partial charge in [0.1, 0.15) is 11.3 Å². The maximum Gasteiger partial charge on any atom is 0.293 e. The predicted molar refractivity (Wildman–Crippen MR) is 98.2 cm³/mol. The molecule has 3 unspecified atom stereocenters. The van der Waals surface area contributed by atoms with E-state index in [0.29, 0.717) is 37.6 Å². The third kappa shape index (κ3) is 2.02. The Bertz CT molecular complexity index is 910. The summed E-state index contributed by atoms with van der Waals surface area (Å²) in [6, 6.07) is 9.98. The highest BCUT2D eigenvalue weighted by Gasteiger charge is 2.93. The highest BCUT2D eigenvalue weighted by Crippen LogP contribution is 2.82. The molecule has 0 radical (unpaired) electrons. The number of aliphatic imine (C=N–C) groups is 1. The minimum atomic E-state index is -1.60. The summed E-state index contributed by atoms with van der Waals surface area (Å²) in [5.41, 5.74) is 4.32. The molecule has 28 heavy (non-hydrogen) atoms. The van der Waals surface area contributed by atoms with Crippen LogP contribution in [0.1, 0.15) is 38.2 Å². The van der Waals surface area contributed by atoms with Crippen molar-refractivity contribution in [3.05, 3.63) is 23.8 Å². The van der Waals surface area contributed by atoms with Crippen molar-refractivity contribution in [3.63, 3.8) is 0 Å². The Morgan fingerprint density at radius 2 is 1.82 bits per heavy atom. The molecule has 0 amide bonds. The average molecular weight is 382 g/mol. The van der Waals surface area contributed by atoms with Gasteiger partial charge in [0.05, 0.1) is 25.4 Å². The SMILES string of the molecule is CCCOC1(OCCC)N=C(N)C2(C#N)C(c3ccc4c(c3)OCO4)C12C#N. The topological polar surface area (TPSA) is 123 Å². The third-order valence-corrected chi connectivity index (χ3v) is 5.66. The molecule has 0 aromatic heterocycles. The zero-order valence-electron chi connectivity index (χ0n) is 15.9. The second kappa shape index (κ2) is 6.37. The minimum Gasteiger partial charge on any atom is -0.454 e. The van der Waals surface area contributed by atoms with E-state index in [9.17, 15) is 10.5 Å². The second-order valence-corrected chi connectivity index (χ2v) is 7.16. The van der Waals surface area contributed by atoms with Gasteiger partial charge in [-0.3, -0.25) is 0 Å². The van der Waals surface area contributed by atoms with Crippen LogP contribution in [0.2, 0.25) is 0 Å². The summed E-state index contributed by atoms with van der Waals surface area (Å²) in [4.78, 5) is 4.41. The van der Waals surface area contributed by atoms with Gasteiger partial charge in [0, 0.05) is 5.92 Å². The molecule has 3 atom stereocenters. The Labute approximate surface area is 163 Å². The molecule has 1 aliphatic carbocycles. The van der Waals surface area contributed by atoms with Crippen LogP contribution in [-0.2, 0) is 9.47 Å². The summed E-state index contributed by atoms with van der Waals surface area (Å²) >= 11 is 0. The van der Waals surface area contributed by atoms with Crippen molar-refractivity contribution in [2.24, 2.45) is 21.6 Å². The monoisotopic (exact) mass is 382 g/mol. The van der Waals surface area contributed by atoms with Crippen LogP contribution in [0.4, 0.5) is 0 Å². The van der Waals surface area contributed by atoms with Crippen molar-refractivity contribution in [3.8, 4) is 23.6 Å². The van der Waals surface area contributed by atoms with Gasteiger partial charge in [-0.25, -0.2) is 4.99 Å². The van der Waals surface area contributed by atoms with Gasteiger partial charge in [-0.2, -0.15) is 10.5 Å². The molecular weight excluding hydrogens is 360 g/mol. The standard InChI is InChI=1S/C20H22N4O4/c1-3-7-27-20(28-8-4-2)19(11-22)16(18(19,10-21)17(23)24-20)13-5-6-14-15(9-13)26-12-25-14/h5-6,9,16H,3-4,7-8,12H2,1-2H3,(H2,23,24). The third-order valence-electron chi connectivity index (χ3n) is 5.66. The van der Waals surface area contributed by atoms with Crippen LogP contribution < -0.4 is 15.2 Å². The fraction of sp³-hybridized carbons (Fsp3) is 0.550. The number of nitriles is 2. The van der Waals surface area contributed by atoms with Gasteiger partial charge in [0.15, 0.2) is 16.9 Å². The largest absolute Gasteiger partial charge is 0.454 e. The predicted octanol–water partition coefficient (Wildman–Crippen LogP) is 2.41. The lowest BCUT2D eigenvalue weighted by molar-refractivity contribution is -0.259. The molecule has 1 fully saturated rings. The molecule has 2 heterocycles. The zero-order valence-corrected chi connectivity index (χ0v) is 15.9. The van der Waals surface area contributed by atoms with Crippen LogP contribution in [0.25, 0.3) is 0 Å². The van der Waals surface area contributed by atoms with Crippen LogP contribution in [0, 0.1) is 33.5 Å². The molecule has 1 aromatic rings.